The molecule has 0 unspecified atom stereocenters. The summed E-state index contributed by atoms with van der Waals surface area (Å²) >= 11 is 0. The van der Waals surface area contributed by atoms with Gasteiger partial charge in [0, 0.05) is 5.92 Å². The van der Waals surface area contributed by atoms with E-state index < -0.39 is 5.97 Å². The maximum atomic E-state index is 10.7. The van der Waals surface area contributed by atoms with E-state index in [1.807, 2.05) is 13.8 Å². The average molecular weight is 197 g/mol. The molecule has 0 saturated heterocycles. The highest BCUT2D eigenvalue weighted by atomic mass is 16.5. The number of carbonyl (C=O) groups is 1. The van der Waals surface area contributed by atoms with Gasteiger partial charge in [-0.15, -0.1) is 0 Å². The summed E-state index contributed by atoms with van der Waals surface area (Å²) in [5.74, 6) is -0.729. The lowest BCUT2D eigenvalue weighted by molar-refractivity contribution is 0.0690. The zero-order chi connectivity index (χ0) is 10.7. The number of carboxylic acids is 1. The standard InChI is InChI=1S/C8H11N3O3/c1-4(2)7-9-3-5(11-14)6(10-7)8(12)13/h3-4,11,14H,1-2H3,(H,12,13). The van der Waals surface area contributed by atoms with Crippen molar-refractivity contribution in [3.8, 4) is 0 Å². The van der Waals surface area contributed by atoms with Crippen LogP contribution in [0.4, 0.5) is 5.69 Å². The molecular formula is C8H11N3O3. The van der Waals surface area contributed by atoms with Crippen LogP contribution in [-0.2, 0) is 0 Å². The molecule has 0 spiro atoms. The highest BCUT2D eigenvalue weighted by Gasteiger charge is 2.14. The van der Waals surface area contributed by atoms with Gasteiger partial charge in [0.1, 0.15) is 11.5 Å². The van der Waals surface area contributed by atoms with E-state index in [2.05, 4.69) is 9.97 Å². The molecular weight excluding hydrogens is 186 g/mol. The molecule has 0 saturated carbocycles. The van der Waals surface area contributed by atoms with Crippen molar-refractivity contribution in [1.82, 2.24) is 9.97 Å². The first-order chi connectivity index (χ1) is 6.56. The van der Waals surface area contributed by atoms with Gasteiger partial charge in [-0.05, 0) is 0 Å². The van der Waals surface area contributed by atoms with Crippen LogP contribution in [-0.4, -0.2) is 26.3 Å². The van der Waals surface area contributed by atoms with Crippen LogP contribution >= 0.6 is 0 Å². The van der Waals surface area contributed by atoms with E-state index in [1.54, 1.807) is 5.48 Å². The quantitative estimate of drug-likeness (QED) is 0.628. The van der Waals surface area contributed by atoms with E-state index in [0.717, 1.165) is 0 Å². The van der Waals surface area contributed by atoms with Gasteiger partial charge in [-0.3, -0.25) is 10.7 Å². The zero-order valence-corrected chi connectivity index (χ0v) is 7.85. The van der Waals surface area contributed by atoms with Gasteiger partial charge in [0.15, 0.2) is 5.69 Å². The predicted molar refractivity (Wildman–Crippen MR) is 48.5 cm³/mol. The number of carboxylic acid groups (broad SMARTS) is 1. The number of nitrogens with one attached hydrogen (secondary N) is 1. The van der Waals surface area contributed by atoms with E-state index in [9.17, 15) is 4.79 Å². The molecule has 0 atom stereocenters. The summed E-state index contributed by atoms with van der Waals surface area (Å²) in [5, 5.41) is 17.4. The molecule has 6 nitrogen and oxygen atoms in total. The van der Waals surface area contributed by atoms with Crippen LogP contribution in [0.25, 0.3) is 0 Å². The lowest BCUT2D eigenvalue weighted by Crippen LogP contribution is -2.10. The van der Waals surface area contributed by atoms with Gasteiger partial charge in [0.25, 0.3) is 0 Å². The number of nitrogens with zero attached hydrogens (tertiary/aromatic N) is 2. The highest BCUT2D eigenvalue weighted by molar-refractivity contribution is 5.91. The monoisotopic (exact) mass is 197 g/mol. The molecule has 0 aromatic carbocycles. The molecule has 76 valence electrons. The van der Waals surface area contributed by atoms with E-state index in [0.29, 0.717) is 5.82 Å². The van der Waals surface area contributed by atoms with Gasteiger partial charge >= 0.3 is 5.97 Å². The molecule has 1 rings (SSSR count). The number of rotatable bonds is 3. The molecule has 0 bridgehead atoms. The van der Waals surface area contributed by atoms with Crippen molar-refractivity contribution in [1.29, 1.82) is 0 Å². The number of anilines is 1. The van der Waals surface area contributed by atoms with Crippen LogP contribution in [0.5, 0.6) is 0 Å². The van der Waals surface area contributed by atoms with Crippen molar-refractivity contribution < 1.29 is 15.1 Å². The second kappa shape index (κ2) is 4.01. The number of hydrogen-bond acceptors (Lipinski definition) is 5. The lowest BCUT2D eigenvalue weighted by atomic mass is 10.2. The van der Waals surface area contributed by atoms with E-state index in [-0.39, 0.29) is 17.3 Å². The third-order valence-corrected chi connectivity index (χ3v) is 1.65. The summed E-state index contributed by atoms with van der Waals surface area (Å²) in [4.78, 5) is 18.4. The maximum Gasteiger partial charge on any atom is 0.356 e. The smallest absolute Gasteiger partial charge is 0.356 e. The Morgan fingerprint density at radius 1 is 1.57 bits per heavy atom. The SMILES string of the molecule is CC(C)c1ncc(NO)c(C(=O)O)n1. The van der Waals surface area contributed by atoms with Crippen LogP contribution in [0, 0.1) is 0 Å². The first-order valence-corrected chi connectivity index (χ1v) is 4.06. The Morgan fingerprint density at radius 2 is 2.21 bits per heavy atom. The molecule has 0 radical (unpaired) electrons. The molecule has 0 aliphatic heterocycles. The Bertz CT molecular complexity index is 352. The van der Waals surface area contributed by atoms with Crippen molar-refractivity contribution in [3.63, 3.8) is 0 Å². The molecule has 0 aliphatic carbocycles. The molecule has 1 heterocycles. The highest BCUT2D eigenvalue weighted by Crippen LogP contribution is 2.15. The minimum absolute atomic E-state index is 0.0121. The lowest BCUT2D eigenvalue weighted by Gasteiger charge is -2.07. The van der Waals surface area contributed by atoms with Gasteiger partial charge in [0.05, 0.1) is 6.20 Å². The molecule has 0 aliphatic rings. The summed E-state index contributed by atoms with van der Waals surface area (Å²) in [6.07, 6.45) is 1.24. The minimum Gasteiger partial charge on any atom is -0.476 e. The molecule has 0 fully saturated rings. The molecule has 14 heavy (non-hydrogen) atoms. The molecule has 6 heteroatoms. The topological polar surface area (TPSA) is 95.3 Å². The fourth-order valence-electron chi connectivity index (χ4n) is 0.918. The Balaban J connectivity index is 3.21. The number of hydrogen-bond donors (Lipinski definition) is 3. The molecule has 0 amide bonds. The van der Waals surface area contributed by atoms with Crippen LogP contribution in [0.1, 0.15) is 36.1 Å². The zero-order valence-electron chi connectivity index (χ0n) is 7.85. The molecule has 1 aromatic rings. The van der Waals surface area contributed by atoms with Crippen LogP contribution in [0.15, 0.2) is 6.20 Å². The largest absolute Gasteiger partial charge is 0.476 e. The van der Waals surface area contributed by atoms with Crippen molar-refractivity contribution in [2.45, 2.75) is 19.8 Å². The minimum atomic E-state index is -1.20. The van der Waals surface area contributed by atoms with Gasteiger partial charge in [-0.2, -0.15) is 0 Å². The predicted octanol–water partition coefficient (Wildman–Crippen LogP) is 1.10. The fourth-order valence-corrected chi connectivity index (χ4v) is 0.918. The Hall–Kier alpha value is -1.69. The summed E-state index contributed by atoms with van der Waals surface area (Å²) in [7, 11) is 0. The van der Waals surface area contributed by atoms with Gasteiger partial charge < -0.3 is 5.11 Å². The first kappa shape index (κ1) is 10.4. The number of aromatic carboxylic acids is 1. The van der Waals surface area contributed by atoms with E-state index in [1.165, 1.54) is 6.20 Å². The van der Waals surface area contributed by atoms with Gasteiger partial charge in [0.2, 0.25) is 0 Å². The van der Waals surface area contributed by atoms with Crippen molar-refractivity contribution in [2.75, 3.05) is 5.48 Å². The summed E-state index contributed by atoms with van der Waals surface area (Å²) in [6.45, 7) is 3.71. The molecule has 3 N–H and O–H groups in total. The number of aromatic nitrogens is 2. The van der Waals surface area contributed by atoms with Crippen LogP contribution in [0.2, 0.25) is 0 Å². The maximum absolute atomic E-state index is 10.7. The summed E-state index contributed by atoms with van der Waals surface area (Å²) in [5.41, 5.74) is 1.49. The van der Waals surface area contributed by atoms with E-state index in [4.69, 9.17) is 10.3 Å². The second-order valence-corrected chi connectivity index (χ2v) is 3.06. The van der Waals surface area contributed by atoms with Gasteiger partial charge in [-0.25, -0.2) is 14.8 Å². The Kier molecular flexibility index (Phi) is 2.98. The summed E-state index contributed by atoms with van der Waals surface area (Å²) in [6, 6.07) is 0. The van der Waals surface area contributed by atoms with Crippen LogP contribution < -0.4 is 5.48 Å². The third kappa shape index (κ3) is 1.97. The Morgan fingerprint density at radius 3 is 2.64 bits per heavy atom. The average Bonchev–Trinajstić information content (AvgIpc) is 2.16. The van der Waals surface area contributed by atoms with Crippen molar-refractivity contribution in [3.05, 3.63) is 17.7 Å². The fraction of sp³-hybridized carbons (Fsp3) is 0.375. The normalized spacial score (nSPS) is 10.3. The first-order valence-electron chi connectivity index (χ1n) is 4.06. The van der Waals surface area contributed by atoms with Crippen molar-refractivity contribution in [2.24, 2.45) is 0 Å². The van der Waals surface area contributed by atoms with Crippen LogP contribution in [0.3, 0.4) is 0 Å². The van der Waals surface area contributed by atoms with Crippen molar-refractivity contribution >= 4 is 11.7 Å². The molecule has 1 aromatic heterocycles. The van der Waals surface area contributed by atoms with Gasteiger partial charge in [-0.1, -0.05) is 13.8 Å². The van der Waals surface area contributed by atoms with E-state index >= 15 is 0 Å². The Labute approximate surface area is 80.6 Å². The third-order valence-electron chi connectivity index (χ3n) is 1.65. The second-order valence-electron chi connectivity index (χ2n) is 3.06. The summed E-state index contributed by atoms with van der Waals surface area (Å²) < 4.78 is 0.